The van der Waals surface area contributed by atoms with Crippen molar-refractivity contribution in [2.45, 2.75) is 52.0 Å². The third kappa shape index (κ3) is 3.80. The molecule has 1 saturated heterocycles. The molecule has 0 N–H and O–H groups in total. The molecule has 0 saturated carbocycles. The highest BCUT2D eigenvalue weighted by Crippen LogP contribution is 2.25. The summed E-state index contributed by atoms with van der Waals surface area (Å²) in [6.07, 6.45) is 4.40. The third-order valence-electron chi connectivity index (χ3n) is 4.40. The summed E-state index contributed by atoms with van der Waals surface area (Å²) in [6, 6.07) is 4.30. The Labute approximate surface area is 140 Å². The molecule has 0 bridgehead atoms. The van der Waals surface area contributed by atoms with Crippen LogP contribution in [0.1, 0.15) is 45.4 Å². The lowest BCUT2D eigenvalue weighted by atomic mass is 9.92. The summed E-state index contributed by atoms with van der Waals surface area (Å²) in [6.45, 7) is 5.27. The lowest BCUT2D eigenvalue weighted by Crippen LogP contribution is -2.46. The van der Waals surface area contributed by atoms with E-state index < -0.39 is 0 Å². The average Bonchev–Trinajstić information content (AvgIpc) is 3.23. The minimum absolute atomic E-state index is 0.208. The van der Waals surface area contributed by atoms with Crippen molar-refractivity contribution in [2.75, 3.05) is 6.54 Å². The molecule has 1 fully saturated rings. The van der Waals surface area contributed by atoms with Crippen molar-refractivity contribution in [3.8, 4) is 10.7 Å². The molecule has 1 aliphatic heterocycles. The maximum Gasteiger partial charge on any atom is 0.227 e. The first-order valence-corrected chi connectivity index (χ1v) is 9.19. The number of rotatable bonds is 5. The molecule has 1 unspecified atom stereocenters. The molecule has 3 heterocycles. The summed E-state index contributed by atoms with van der Waals surface area (Å²) in [4.78, 5) is 20.0. The number of amides is 1. The zero-order valence-corrected chi connectivity index (χ0v) is 14.5. The van der Waals surface area contributed by atoms with Crippen LogP contribution in [0.3, 0.4) is 0 Å². The van der Waals surface area contributed by atoms with Crippen molar-refractivity contribution < 1.29 is 9.32 Å². The maximum atomic E-state index is 12.6. The number of aryl methyl sites for hydroxylation is 1. The number of likely N-dealkylation sites (tertiary alicyclic amines) is 1. The van der Waals surface area contributed by atoms with Crippen molar-refractivity contribution in [1.82, 2.24) is 15.0 Å². The topological polar surface area (TPSA) is 59.2 Å². The predicted molar refractivity (Wildman–Crippen MR) is 90.1 cm³/mol. The molecule has 5 nitrogen and oxygen atoms in total. The Kier molecular flexibility index (Phi) is 5.10. The highest BCUT2D eigenvalue weighted by atomic mass is 32.1. The van der Waals surface area contributed by atoms with E-state index in [2.05, 4.69) is 28.9 Å². The van der Waals surface area contributed by atoms with Gasteiger partial charge >= 0.3 is 0 Å². The third-order valence-corrected chi connectivity index (χ3v) is 5.27. The fourth-order valence-electron chi connectivity index (χ4n) is 3.18. The standard InChI is InChI=1S/C17H23N3O2S/c1-12(2)13-6-3-4-10-20(13)16(21)9-8-15-18-17(19-22-15)14-7-5-11-23-14/h5,7,11-13H,3-4,6,8-10H2,1-2H3. The largest absolute Gasteiger partial charge is 0.339 e. The van der Waals surface area contributed by atoms with E-state index in [0.29, 0.717) is 36.5 Å². The lowest BCUT2D eigenvalue weighted by molar-refractivity contribution is -0.136. The van der Waals surface area contributed by atoms with Gasteiger partial charge in [0.1, 0.15) is 0 Å². The van der Waals surface area contributed by atoms with Crippen molar-refractivity contribution in [3.05, 3.63) is 23.4 Å². The molecule has 0 aliphatic carbocycles. The zero-order valence-electron chi connectivity index (χ0n) is 13.7. The molecule has 6 heteroatoms. The van der Waals surface area contributed by atoms with Crippen LogP contribution in [0.5, 0.6) is 0 Å². The molecule has 0 spiro atoms. The number of nitrogens with zero attached hydrogens (tertiary/aromatic N) is 3. The van der Waals surface area contributed by atoms with Crippen molar-refractivity contribution >= 4 is 17.2 Å². The Hall–Kier alpha value is -1.69. The van der Waals surface area contributed by atoms with Crippen molar-refractivity contribution in [2.24, 2.45) is 5.92 Å². The van der Waals surface area contributed by atoms with Gasteiger partial charge in [-0.1, -0.05) is 25.1 Å². The van der Waals surface area contributed by atoms with Crippen molar-refractivity contribution in [1.29, 1.82) is 0 Å². The first-order valence-electron chi connectivity index (χ1n) is 8.31. The van der Waals surface area contributed by atoms with E-state index in [1.165, 1.54) is 6.42 Å². The molecule has 1 amide bonds. The second kappa shape index (κ2) is 7.25. The number of thiophene rings is 1. The number of hydrogen-bond acceptors (Lipinski definition) is 5. The molecule has 0 radical (unpaired) electrons. The van der Waals surface area contributed by atoms with Gasteiger partial charge in [-0.15, -0.1) is 11.3 Å². The van der Waals surface area contributed by atoms with Gasteiger partial charge in [0.15, 0.2) is 0 Å². The molecule has 124 valence electrons. The van der Waals surface area contributed by atoms with Crippen LogP contribution >= 0.6 is 11.3 Å². The molecule has 2 aromatic rings. The number of piperidine rings is 1. The van der Waals surface area contributed by atoms with Crippen LogP contribution < -0.4 is 0 Å². The van der Waals surface area contributed by atoms with E-state index in [4.69, 9.17) is 4.52 Å². The molecule has 3 rings (SSSR count). The highest BCUT2D eigenvalue weighted by Gasteiger charge is 2.28. The Bertz CT molecular complexity index is 636. The van der Waals surface area contributed by atoms with Gasteiger partial charge < -0.3 is 9.42 Å². The zero-order chi connectivity index (χ0) is 16.2. The van der Waals surface area contributed by atoms with E-state index in [1.54, 1.807) is 11.3 Å². The molecular formula is C17H23N3O2S. The van der Waals surface area contributed by atoms with Crippen LogP contribution in [0.4, 0.5) is 0 Å². The summed E-state index contributed by atoms with van der Waals surface area (Å²) in [5, 5.41) is 5.98. The van der Waals surface area contributed by atoms with Crippen LogP contribution in [0.25, 0.3) is 10.7 Å². The van der Waals surface area contributed by atoms with Crippen LogP contribution in [-0.2, 0) is 11.2 Å². The van der Waals surface area contributed by atoms with Gasteiger partial charge in [0, 0.05) is 25.4 Å². The van der Waals surface area contributed by atoms with Gasteiger partial charge in [-0.25, -0.2) is 0 Å². The van der Waals surface area contributed by atoms with E-state index >= 15 is 0 Å². The van der Waals surface area contributed by atoms with E-state index in [9.17, 15) is 4.79 Å². The molecule has 1 aliphatic rings. The van der Waals surface area contributed by atoms with Gasteiger partial charge in [-0.3, -0.25) is 4.79 Å². The Morgan fingerprint density at radius 1 is 1.48 bits per heavy atom. The quantitative estimate of drug-likeness (QED) is 0.836. The average molecular weight is 333 g/mol. The molecule has 0 aromatic carbocycles. The Morgan fingerprint density at radius 3 is 3.09 bits per heavy atom. The Balaban J connectivity index is 1.58. The number of hydrogen-bond donors (Lipinski definition) is 0. The minimum Gasteiger partial charge on any atom is -0.339 e. The summed E-state index contributed by atoms with van der Waals surface area (Å²) >= 11 is 1.58. The van der Waals surface area contributed by atoms with E-state index in [0.717, 1.165) is 24.3 Å². The van der Waals surface area contributed by atoms with Gasteiger partial charge in [-0.2, -0.15) is 4.98 Å². The minimum atomic E-state index is 0.208. The van der Waals surface area contributed by atoms with E-state index in [1.807, 2.05) is 17.5 Å². The normalized spacial score (nSPS) is 18.6. The molecule has 1 atom stereocenters. The summed E-state index contributed by atoms with van der Waals surface area (Å²) in [7, 11) is 0. The van der Waals surface area contributed by atoms with Crippen LogP contribution in [-0.4, -0.2) is 33.5 Å². The number of aromatic nitrogens is 2. The first kappa shape index (κ1) is 16.2. The fourth-order valence-corrected chi connectivity index (χ4v) is 3.83. The maximum absolute atomic E-state index is 12.6. The van der Waals surface area contributed by atoms with Crippen LogP contribution in [0, 0.1) is 5.92 Å². The number of carbonyl (C=O) groups is 1. The van der Waals surface area contributed by atoms with Crippen molar-refractivity contribution in [3.63, 3.8) is 0 Å². The predicted octanol–water partition coefficient (Wildman–Crippen LogP) is 3.77. The van der Waals surface area contributed by atoms with Gasteiger partial charge in [0.25, 0.3) is 0 Å². The van der Waals surface area contributed by atoms with Crippen LogP contribution in [0.15, 0.2) is 22.0 Å². The lowest BCUT2D eigenvalue weighted by Gasteiger charge is -2.38. The van der Waals surface area contributed by atoms with Gasteiger partial charge in [0.05, 0.1) is 4.88 Å². The van der Waals surface area contributed by atoms with Gasteiger partial charge in [-0.05, 0) is 36.6 Å². The Morgan fingerprint density at radius 2 is 2.35 bits per heavy atom. The SMILES string of the molecule is CC(C)C1CCCCN1C(=O)CCc1nc(-c2cccs2)no1. The second-order valence-electron chi connectivity index (χ2n) is 6.38. The fraction of sp³-hybridized carbons (Fsp3) is 0.588. The highest BCUT2D eigenvalue weighted by molar-refractivity contribution is 7.13. The van der Waals surface area contributed by atoms with Crippen LogP contribution in [0.2, 0.25) is 0 Å². The van der Waals surface area contributed by atoms with E-state index in [-0.39, 0.29) is 5.91 Å². The summed E-state index contributed by atoms with van der Waals surface area (Å²) < 4.78 is 5.28. The second-order valence-corrected chi connectivity index (χ2v) is 7.33. The first-order chi connectivity index (χ1) is 11.1. The molecule has 23 heavy (non-hydrogen) atoms. The summed E-state index contributed by atoms with van der Waals surface area (Å²) in [5.41, 5.74) is 0. The van der Waals surface area contributed by atoms with Gasteiger partial charge in [0.2, 0.25) is 17.6 Å². The molecule has 2 aromatic heterocycles. The monoisotopic (exact) mass is 333 g/mol. The smallest absolute Gasteiger partial charge is 0.227 e. The number of carbonyl (C=O) groups excluding carboxylic acids is 1. The molecular weight excluding hydrogens is 310 g/mol. The summed E-state index contributed by atoms with van der Waals surface area (Å²) in [5.74, 6) is 1.87.